The Hall–Kier alpha value is -1.94. The van der Waals surface area contributed by atoms with Crippen molar-refractivity contribution in [1.82, 2.24) is 19.4 Å². The first-order chi connectivity index (χ1) is 9.72. The zero-order chi connectivity index (χ0) is 13.7. The number of fused-ring (bicyclic) bond motifs is 3. The number of benzene rings is 1. The minimum Gasteiger partial charge on any atom is -0.326 e. The molecule has 3 aromatic rings. The summed E-state index contributed by atoms with van der Waals surface area (Å²) >= 11 is 0. The lowest BCUT2D eigenvalue weighted by atomic mass is 10.1. The minimum atomic E-state index is 0.524. The highest BCUT2D eigenvalue weighted by molar-refractivity contribution is 6.02. The monoisotopic (exact) mass is 266 g/mol. The van der Waals surface area contributed by atoms with Gasteiger partial charge in [0.05, 0.1) is 23.6 Å². The second-order valence-corrected chi connectivity index (χ2v) is 5.87. The van der Waals surface area contributed by atoms with Gasteiger partial charge in [-0.05, 0) is 39.1 Å². The average Bonchev–Trinajstić information content (AvgIpc) is 3.04. The zero-order valence-corrected chi connectivity index (χ0v) is 11.9. The van der Waals surface area contributed by atoms with E-state index in [0.29, 0.717) is 6.04 Å². The van der Waals surface area contributed by atoms with Crippen LogP contribution in [0.4, 0.5) is 0 Å². The molecular weight excluding hydrogens is 248 g/mol. The van der Waals surface area contributed by atoms with Gasteiger partial charge in [-0.2, -0.15) is 0 Å². The van der Waals surface area contributed by atoms with Crippen molar-refractivity contribution in [3.63, 3.8) is 0 Å². The van der Waals surface area contributed by atoms with Gasteiger partial charge in [0.15, 0.2) is 0 Å². The number of hydrogen-bond donors (Lipinski definition) is 0. The Bertz CT molecular complexity index is 790. The Labute approximate surface area is 118 Å². The largest absolute Gasteiger partial charge is 0.326 e. The number of pyridine rings is 1. The molecule has 0 bridgehead atoms. The molecule has 1 fully saturated rings. The van der Waals surface area contributed by atoms with Gasteiger partial charge in [-0.1, -0.05) is 11.6 Å². The number of aromatic nitrogens is 3. The van der Waals surface area contributed by atoms with Gasteiger partial charge in [0.25, 0.3) is 0 Å². The van der Waals surface area contributed by atoms with E-state index in [2.05, 4.69) is 51.6 Å². The van der Waals surface area contributed by atoms with Crippen LogP contribution in [-0.4, -0.2) is 39.6 Å². The Kier molecular flexibility index (Phi) is 2.54. The highest BCUT2D eigenvalue weighted by atomic mass is 15.2. The number of nitrogens with zero attached hydrogens (tertiary/aromatic N) is 4. The molecule has 1 aliphatic heterocycles. The SMILES string of the molecule is Cc1ccc2ncc3ncn([C@@H]4CCN(C)C4)c3c2c1. The van der Waals surface area contributed by atoms with Crippen LogP contribution in [0.15, 0.2) is 30.7 Å². The lowest BCUT2D eigenvalue weighted by Crippen LogP contribution is -2.16. The lowest BCUT2D eigenvalue weighted by Gasteiger charge is -2.14. The van der Waals surface area contributed by atoms with Crippen LogP contribution in [0.5, 0.6) is 0 Å². The smallest absolute Gasteiger partial charge is 0.107 e. The van der Waals surface area contributed by atoms with E-state index in [0.717, 1.165) is 24.1 Å². The Morgan fingerprint density at radius 2 is 2.10 bits per heavy atom. The molecule has 102 valence electrons. The summed E-state index contributed by atoms with van der Waals surface area (Å²) in [6.07, 6.45) is 5.07. The summed E-state index contributed by atoms with van der Waals surface area (Å²) in [5.41, 5.74) is 4.55. The van der Waals surface area contributed by atoms with Gasteiger partial charge in [0, 0.05) is 18.0 Å². The van der Waals surface area contributed by atoms with E-state index in [4.69, 9.17) is 0 Å². The van der Waals surface area contributed by atoms with Gasteiger partial charge >= 0.3 is 0 Å². The maximum absolute atomic E-state index is 4.55. The molecule has 3 heterocycles. The fraction of sp³-hybridized carbons (Fsp3) is 0.375. The lowest BCUT2D eigenvalue weighted by molar-refractivity contribution is 0.395. The summed E-state index contributed by atoms with van der Waals surface area (Å²) < 4.78 is 2.35. The third kappa shape index (κ3) is 1.72. The summed E-state index contributed by atoms with van der Waals surface area (Å²) in [6.45, 7) is 4.38. The van der Waals surface area contributed by atoms with Crippen LogP contribution >= 0.6 is 0 Å². The van der Waals surface area contributed by atoms with Crippen LogP contribution in [0.3, 0.4) is 0 Å². The van der Waals surface area contributed by atoms with E-state index in [1.165, 1.54) is 22.9 Å². The van der Waals surface area contributed by atoms with Crippen molar-refractivity contribution in [3.8, 4) is 0 Å². The third-order valence-corrected chi connectivity index (χ3v) is 4.31. The molecule has 0 amide bonds. The maximum atomic E-state index is 4.55. The molecule has 1 saturated heterocycles. The zero-order valence-electron chi connectivity index (χ0n) is 11.9. The normalized spacial score (nSPS) is 20.2. The number of likely N-dealkylation sites (tertiary alicyclic amines) is 1. The molecule has 0 spiro atoms. The Balaban J connectivity index is 1.99. The maximum Gasteiger partial charge on any atom is 0.107 e. The van der Waals surface area contributed by atoms with Crippen LogP contribution in [0.25, 0.3) is 21.9 Å². The quantitative estimate of drug-likeness (QED) is 0.679. The van der Waals surface area contributed by atoms with Crippen LogP contribution in [0.2, 0.25) is 0 Å². The van der Waals surface area contributed by atoms with Gasteiger partial charge in [-0.15, -0.1) is 0 Å². The molecule has 0 saturated carbocycles. The standard InChI is InChI=1S/C16H18N4/c1-11-3-4-14-13(7-11)16-15(8-17-14)18-10-20(16)12-5-6-19(2)9-12/h3-4,7-8,10,12H,5-6,9H2,1-2H3/t12-/m1/s1. The average molecular weight is 266 g/mol. The molecule has 0 unspecified atom stereocenters. The van der Waals surface area contributed by atoms with Crippen molar-refractivity contribution in [2.75, 3.05) is 20.1 Å². The first-order valence-corrected chi connectivity index (χ1v) is 7.13. The topological polar surface area (TPSA) is 34.0 Å². The van der Waals surface area contributed by atoms with Crippen LogP contribution in [-0.2, 0) is 0 Å². The van der Waals surface area contributed by atoms with Crippen molar-refractivity contribution in [2.45, 2.75) is 19.4 Å². The van der Waals surface area contributed by atoms with Gasteiger partial charge in [-0.25, -0.2) is 4.98 Å². The molecule has 4 rings (SSSR count). The van der Waals surface area contributed by atoms with E-state index in [1.54, 1.807) is 0 Å². The fourth-order valence-corrected chi connectivity index (χ4v) is 3.25. The van der Waals surface area contributed by atoms with Gasteiger partial charge < -0.3 is 9.47 Å². The summed E-state index contributed by atoms with van der Waals surface area (Å²) in [5, 5.41) is 1.22. The molecule has 4 heteroatoms. The minimum absolute atomic E-state index is 0.524. The predicted octanol–water partition coefficient (Wildman–Crippen LogP) is 2.77. The molecular formula is C16H18N4. The van der Waals surface area contributed by atoms with Crippen molar-refractivity contribution < 1.29 is 0 Å². The summed E-state index contributed by atoms with van der Waals surface area (Å²) in [5.74, 6) is 0. The predicted molar refractivity (Wildman–Crippen MR) is 80.9 cm³/mol. The first-order valence-electron chi connectivity index (χ1n) is 7.13. The molecule has 1 atom stereocenters. The van der Waals surface area contributed by atoms with Crippen molar-refractivity contribution in [2.24, 2.45) is 0 Å². The molecule has 4 nitrogen and oxygen atoms in total. The van der Waals surface area contributed by atoms with Crippen LogP contribution < -0.4 is 0 Å². The van der Waals surface area contributed by atoms with Crippen molar-refractivity contribution in [1.29, 1.82) is 0 Å². The Morgan fingerprint density at radius 3 is 2.90 bits per heavy atom. The van der Waals surface area contributed by atoms with E-state index in [-0.39, 0.29) is 0 Å². The van der Waals surface area contributed by atoms with E-state index < -0.39 is 0 Å². The number of aryl methyl sites for hydroxylation is 1. The number of hydrogen-bond acceptors (Lipinski definition) is 3. The molecule has 20 heavy (non-hydrogen) atoms. The van der Waals surface area contributed by atoms with E-state index in [1.807, 2.05) is 12.5 Å². The summed E-state index contributed by atoms with van der Waals surface area (Å²) in [7, 11) is 2.18. The highest BCUT2D eigenvalue weighted by Gasteiger charge is 2.23. The van der Waals surface area contributed by atoms with Crippen molar-refractivity contribution in [3.05, 3.63) is 36.3 Å². The number of imidazole rings is 1. The molecule has 2 aromatic heterocycles. The highest BCUT2D eigenvalue weighted by Crippen LogP contribution is 2.29. The van der Waals surface area contributed by atoms with Gasteiger partial charge in [-0.3, -0.25) is 4.98 Å². The molecule has 1 aliphatic rings. The second-order valence-electron chi connectivity index (χ2n) is 5.87. The number of likely N-dealkylation sites (N-methyl/N-ethyl adjacent to an activating group) is 1. The molecule has 0 N–H and O–H groups in total. The number of rotatable bonds is 1. The summed E-state index contributed by atoms with van der Waals surface area (Å²) in [6, 6.07) is 6.96. The van der Waals surface area contributed by atoms with Crippen molar-refractivity contribution >= 4 is 21.9 Å². The van der Waals surface area contributed by atoms with Crippen LogP contribution in [0, 0.1) is 6.92 Å². The van der Waals surface area contributed by atoms with Gasteiger partial charge in [0.2, 0.25) is 0 Å². The summed E-state index contributed by atoms with van der Waals surface area (Å²) in [4.78, 5) is 11.4. The third-order valence-electron chi connectivity index (χ3n) is 4.31. The molecule has 0 radical (unpaired) electrons. The Morgan fingerprint density at radius 1 is 1.20 bits per heavy atom. The molecule has 0 aliphatic carbocycles. The van der Waals surface area contributed by atoms with E-state index in [9.17, 15) is 0 Å². The fourth-order valence-electron chi connectivity index (χ4n) is 3.25. The van der Waals surface area contributed by atoms with Gasteiger partial charge in [0.1, 0.15) is 5.52 Å². The first kappa shape index (κ1) is 11.9. The second kappa shape index (κ2) is 4.28. The van der Waals surface area contributed by atoms with E-state index >= 15 is 0 Å². The van der Waals surface area contributed by atoms with Crippen LogP contribution in [0.1, 0.15) is 18.0 Å². The molecule has 1 aromatic carbocycles.